The fraction of sp³-hybridized carbons (Fsp3) is 0.909. The Bertz CT molecular complexity index is 344. The van der Waals surface area contributed by atoms with Gasteiger partial charge >= 0.3 is 5.97 Å². The van der Waals surface area contributed by atoms with Crippen LogP contribution in [0.5, 0.6) is 0 Å². The number of ether oxygens (including phenoxy) is 1. The van der Waals surface area contributed by atoms with Crippen LogP contribution < -0.4 is 5.73 Å². The highest BCUT2D eigenvalue weighted by molar-refractivity contribution is 5.75. The Morgan fingerprint density at radius 2 is 1.19 bits per heavy atom. The number of esters is 1. The molecule has 4 heteroatoms. The standard InChI is InChI=1S/C22H43NO3/c1-3-5-7-9-10-11-12-14-15-17-20(19-21(23)24)26-22(25)18-16-13-8-6-4-2/h20H,3-19H2,1-2H3,(H2,23,24)/t20-/m1/s1. The van der Waals surface area contributed by atoms with Gasteiger partial charge in [-0.3, -0.25) is 9.59 Å². The maximum Gasteiger partial charge on any atom is 0.306 e. The van der Waals surface area contributed by atoms with Crippen molar-refractivity contribution in [3.63, 3.8) is 0 Å². The van der Waals surface area contributed by atoms with Crippen LogP contribution in [0.15, 0.2) is 0 Å². The van der Waals surface area contributed by atoms with E-state index in [4.69, 9.17) is 10.5 Å². The van der Waals surface area contributed by atoms with E-state index in [1.165, 1.54) is 64.2 Å². The van der Waals surface area contributed by atoms with Gasteiger partial charge in [0, 0.05) is 6.42 Å². The van der Waals surface area contributed by atoms with Gasteiger partial charge < -0.3 is 10.5 Å². The molecule has 0 unspecified atom stereocenters. The number of nitrogens with two attached hydrogens (primary N) is 1. The Hall–Kier alpha value is -1.06. The van der Waals surface area contributed by atoms with Crippen molar-refractivity contribution >= 4 is 11.9 Å². The van der Waals surface area contributed by atoms with Gasteiger partial charge in [-0.05, 0) is 19.3 Å². The number of amides is 1. The van der Waals surface area contributed by atoms with Crippen LogP contribution >= 0.6 is 0 Å². The van der Waals surface area contributed by atoms with E-state index >= 15 is 0 Å². The summed E-state index contributed by atoms with van der Waals surface area (Å²) in [5.74, 6) is -0.564. The number of hydrogen-bond acceptors (Lipinski definition) is 3. The molecule has 0 aromatic heterocycles. The molecule has 0 heterocycles. The van der Waals surface area contributed by atoms with Crippen molar-refractivity contribution in [2.24, 2.45) is 5.73 Å². The summed E-state index contributed by atoms with van der Waals surface area (Å²) in [6, 6.07) is 0. The summed E-state index contributed by atoms with van der Waals surface area (Å²) < 4.78 is 5.50. The molecular formula is C22H43NO3. The van der Waals surface area contributed by atoms with Gasteiger partial charge in [0.05, 0.1) is 6.42 Å². The highest BCUT2D eigenvalue weighted by Crippen LogP contribution is 2.15. The van der Waals surface area contributed by atoms with E-state index in [1.807, 2.05) is 0 Å². The molecule has 0 aromatic rings. The lowest BCUT2D eigenvalue weighted by atomic mass is 10.0. The number of hydrogen-bond donors (Lipinski definition) is 1. The van der Waals surface area contributed by atoms with Crippen LogP contribution in [-0.4, -0.2) is 18.0 Å². The average molecular weight is 370 g/mol. The van der Waals surface area contributed by atoms with Crippen molar-refractivity contribution in [2.75, 3.05) is 0 Å². The van der Waals surface area contributed by atoms with Crippen molar-refractivity contribution in [1.29, 1.82) is 0 Å². The number of unbranched alkanes of at least 4 members (excludes halogenated alkanes) is 12. The second kappa shape index (κ2) is 18.7. The molecule has 4 nitrogen and oxygen atoms in total. The summed E-state index contributed by atoms with van der Waals surface area (Å²) in [6.07, 6.45) is 17.8. The fourth-order valence-corrected chi connectivity index (χ4v) is 3.23. The Morgan fingerprint density at radius 1 is 0.731 bits per heavy atom. The minimum Gasteiger partial charge on any atom is -0.462 e. The lowest BCUT2D eigenvalue weighted by Gasteiger charge is -2.16. The smallest absolute Gasteiger partial charge is 0.306 e. The van der Waals surface area contributed by atoms with Gasteiger partial charge in [-0.25, -0.2) is 0 Å². The van der Waals surface area contributed by atoms with Crippen molar-refractivity contribution in [3.8, 4) is 0 Å². The topological polar surface area (TPSA) is 69.4 Å². The molecule has 154 valence electrons. The summed E-state index contributed by atoms with van der Waals surface area (Å²) in [7, 11) is 0. The third-order valence-electron chi connectivity index (χ3n) is 4.84. The van der Waals surface area contributed by atoms with Crippen LogP contribution in [0.25, 0.3) is 0 Å². The summed E-state index contributed by atoms with van der Waals surface area (Å²) in [5.41, 5.74) is 5.30. The molecule has 0 aliphatic heterocycles. The van der Waals surface area contributed by atoms with Crippen LogP contribution in [0.2, 0.25) is 0 Å². The average Bonchev–Trinajstić information content (AvgIpc) is 2.59. The van der Waals surface area contributed by atoms with Gasteiger partial charge in [-0.1, -0.05) is 90.9 Å². The van der Waals surface area contributed by atoms with Crippen molar-refractivity contribution < 1.29 is 14.3 Å². The molecule has 1 atom stereocenters. The van der Waals surface area contributed by atoms with Gasteiger partial charge in [0.1, 0.15) is 6.10 Å². The van der Waals surface area contributed by atoms with Gasteiger partial charge in [-0.15, -0.1) is 0 Å². The summed E-state index contributed by atoms with van der Waals surface area (Å²) >= 11 is 0. The summed E-state index contributed by atoms with van der Waals surface area (Å²) in [6.45, 7) is 4.41. The second-order valence-corrected chi connectivity index (χ2v) is 7.56. The number of primary amides is 1. The Balaban J connectivity index is 3.80. The van der Waals surface area contributed by atoms with Crippen molar-refractivity contribution in [3.05, 3.63) is 0 Å². The normalized spacial score (nSPS) is 12.1. The van der Waals surface area contributed by atoms with E-state index in [0.717, 1.165) is 32.1 Å². The van der Waals surface area contributed by atoms with Crippen LogP contribution in [0.4, 0.5) is 0 Å². The first-order valence-electron chi connectivity index (χ1n) is 11.1. The first-order chi connectivity index (χ1) is 12.6. The molecule has 0 saturated heterocycles. The molecule has 0 spiro atoms. The van der Waals surface area contributed by atoms with Gasteiger partial charge in [0.25, 0.3) is 0 Å². The van der Waals surface area contributed by atoms with E-state index < -0.39 is 0 Å². The second-order valence-electron chi connectivity index (χ2n) is 7.56. The fourth-order valence-electron chi connectivity index (χ4n) is 3.23. The first-order valence-corrected chi connectivity index (χ1v) is 11.1. The van der Waals surface area contributed by atoms with Crippen LogP contribution in [-0.2, 0) is 14.3 Å². The Kier molecular flexibility index (Phi) is 18.0. The minimum atomic E-state index is -0.387. The largest absolute Gasteiger partial charge is 0.462 e. The molecule has 0 aliphatic carbocycles. The minimum absolute atomic E-state index is 0.151. The van der Waals surface area contributed by atoms with Crippen molar-refractivity contribution in [1.82, 2.24) is 0 Å². The summed E-state index contributed by atoms with van der Waals surface area (Å²) in [4.78, 5) is 23.2. The van der Waals surface area contributed by atoms with Crippen LogP contribution in [0.3, 0.4) is 0 Å². The Morgan fingerprint density at radius 3 is 1.69 bits per heavy atom. The number of rotatable bonds is 19. The number of carbonyl (C=O) groups excluding carboxylic acids is 2. The third kappa shape index (κ3) is 17.8. The SMILES string of the molecule is CCCCCCCCCCC[C@H](CC(N)=O)OC(=O)CCCCCCC. The highest BCUT2D eigenvalue weighted by Gasteiger charge is 2.16. The zero-order valence-corrected chi connectivity index (χ0v) is 17.4. The summed E-state index contributed by atoms with van der Waals surface area (Å²) in [5, 5.41) is 0. The molecule has 0 saturated carbocycles. The predicted molar refractivity (Wildman–Crippen MR) is 109 cm³/mol. The van der Waals surface area contributed by atoms with Gasteiger partial charge in [-0.2, -0.15) is 0 Å². The Labute approximate surface area is 161 Å². The van der Waals surface area contributed by atoms with Gasteiger partial charge in [0.2, 0.25) is 5.91 Å². The van der Waals surface area contributed by atoms with Crippen LogP contribution in [0, 0.1) is 0 Å². The van der Waals surface area contributed by atoms with E-state index in [0.29, 0.717) is 6.42 Å². The molecule has 0 aliphatic rings. The molecule has 26 heavy (non-hydrogen) atoms. The van der Waals surface area contributed by atoms with E-state index in [2.05, 4.69) is 13.8 Å². The van der Waals surface area contributed by atoms with E-state index in [-0.39, 0.29) is 24.4 Å². The van der Waals surface area contributed by atoms with E-state index in [1.54, 1.807) is 0 Å². The molecule has 0 fully saturated rings. The number of carbonyl (C=O) groups is 2. The van der Waals surface area contributed by atoms with Crippen LogP contribution in [0.1, 0.15) is 123 Å². The molecule has 2 N–H and O–H groups in total. The zero-order chi connectivity index (χ0) is 19.5. The quantitative estimate of drug-likeness (QED) is 0.222. The first kappa shape index (κ1) is 24.9. The van der Waals surface area contributed by atoms with E-state index in [9.17, 15) is 9.59 Å². The van der Waals surface area contributed by atoms with Crippen molar-refractivity contribution in [2.45, 2.75) is 129 Å². The maximum atomic E-state index is 12.0. The molecule has 1 amide bonds. The molecule has 0 rings (SSSR count). The molecule has 0 bridgehead atoms. The lowest BCUT2D eigenvalue weighted by Crippen LogP contribution is -2.25. The molecule has 0 aromatic carbocycles. The monoisotopic (exact) mass is 369 g/mol. The van der Waals surface area contributed by atoms with Gasteiger partial charge in [0.15, 0.2) is 0 Å². The maximum absolute atomic E-state index is 12.0. The predicted octanol–water partition coefficient (Wildman–Crippen LogP) is 6.06. The third-order valence-corrected chi connectivity index (χ3v) is 4.84. The molecule has 0 radical (unpaired) electrons. The molecular weight excluding hydrogens is 326 g/mol. The lowest BCUT2D eigenvalue weighted by molar-refractivity contribution is -0.150. The highest BCUT2D eigenvalue weighted by atomic mass is 16.5. The zero-order valence-electron chi connectivity index (χ0n) is 17.4.